The molecule has 1 N–H and O–H groups in total. The second-order valence-corrected chi connectivity index (χ2v) is 10.0. The van der Waals surface area contributed by atoms with E-state index in [1.807, 2.05) is 38.8 Å². The molecular weight excluding hydrogens is 516 g/mol. The van der Waals surface area contributed by atoms with Crippen molar-refractivity contribution in [1.29, 1.82) is 0 Å². The second kappa shape index (κ2) is 11.2. The number of para-hydroxylation sites is 1. The van der Waals surface area contributed by atoms with Gasteiger partial charge in [-0.05, 0) is 57.6 Å². The van der Waals surface area contributed by atoms with Crippen molar-refractivity contribution in [3.8, 4) is 11.3 Å². The lowest BCUT2D eigenvalue weighted by molar-refractivity contribution is 0.0773. The second-order valence-electron chi connectivity index (χ2n) is 10.0. The number of benzene rings is 2. The molecule has 11 heteroatoms. The summed E-state index contributed by atoms with van der Waals surface area (Å²) in [5.41, 5.74) is 2.58. The Balaban J connectivity index is 1.73. The van der Waals surface area contributed by atoms with Crippen LogP contribution >= 0.6 is 0 Å². The van der Waals surface area contributed by atoms with Gasteiger partial charge in [0.1, 0.15) is 17.3 Å². The molecule has 1 saturated heterocycles. The predicted molar refractivity (Wildman–Crippen MR) is 150 cm³/mol. The Labute approximate surface area is 232 Å². The van der Waals surface area contributed by atoms with Gasteiger partial charge in [-0.15, -0.1) is 0 Å². The van der Waals surface area contributed by atoms with Crippen molar-refractivity contribution in [2.75, 3.05) is 56.1 Å². The third-order valence-corrected chi connectivity index (χ3v) is 7.54. The van der Waals surface area contributed by atoms with Crippen LogP contribution in [0.2, 0.25) is 0 Å². The van der Waals surface area contributed by atoms with E-state index in [0.29, 0.717) is 54.5 Å². The fraction of sp³-hybridized carbons (Fsp3) is 0.379. The van der Waals surface area contributed by atoms with Crippen LogP contribution in [0, 0.1) is 18.6 Å². The average Bonchev–Trinajstić information content (AvgIpc) is 2.94. The molecule has 0 radical (unpaired) electrons. The van der Waals surface area contributed by atoms with Crippen LogP contribution < -0.4 is 15.1 Å². The van der Waals surface area contributed by atoms with Gasteiger partial charge in [0.05, 0.1) is 12.2 Å². The fourth-order valence-electron chi connectivity index (χ4n) is 5.13. The molecule has 9 nitrogen and oxygen atoms in total. The van der Waals surface area contributed by atoms with E-state index in [1.54, 1.807) is 17.0 Å². The smallest absolute Gasteiger partial charge is 0.328 e. The Bertz CT molecular complexity index is 1430. The lowest BCUT2D eigenvalue weighted by atomic mass is 9.97. The molecule has 2 aromatic carbocycles. The van der Waals surface area contributed by atoms with E-state index in [9.17, 15) is 9.59 Å². The summed E-state index contributed by atoms with van der Waals surface area (Å²) >= 11 is 0. The van der Waals surface area contributed by atoms with Crippen molar-refractivity contribution < 1.29 is 18.4 Å². The van der Waals surface area contributed by atoms with Crippen molar-refractivity contribution in [3.05, 3.63) is 64.7 Å². The van der Waals surface area contributed by atoms with E-state index in [4.69, 9.17) is 9.97 Å². The molecule has 3 amide bonds. The molecule has 0 atom stereocenters. The van der Waals surface area contributed by atoms with E-state index < -0.39 is 23.4 Å². The molecule has 2 aliphatic heterocycles. The number of fused-ring (bicyclic) bond motifs is 1. The number of halogens is 2. The SMILES string of the molecule is CCN(CC)C(=O)c1ccc(C)c(-c2nc(N3CCN(C)CC3)nc3c2CNC(=O)N3c2c(F)cccc2F)c1. The number of carbonyl (C=O) groups is 2. The molecule has 40 heavy (non-hydrogen) atoms. The number of amides is 3. The minimum absolute atomic E-state index is 0.0623. The number of urea groups is 1. The number of nitrogens with zero attached hydrogens (tertiary/aromatic N) is 6. The molecule has 0 bridgehead atoms. The zero-order chi connectivity index (χ0) is 28.6. The molecule has 0 unspecified atom stereocenters. The van der Waals surface area contributed by atoms with Crippen LogP contribution in [-0.4, -0.2) is 78.0 Å². The van der Waals surface area contributed by atoms with Crippen molar-refractivity contribution in [1.82, 2.24) is 25.1 Å². The summed E-state index contributed by atoms with van der Waals surface area (Å²) in [6.07, 6.45) is 0. The Morgan fingerprint density at radius 2 is 1.70 bits per heavy atom. The maximum atomic E-state index is 15.0. The topological polar surface area (TPSA) is 84.9 Å². The molecule has 1 fully saturated rings. The van der Waals surface area contributed by atoms with E-state index in [-0.39, 0.29) is 18.3 Å². The van der Waals surface area contributed by atoms with Gasteiger partial charge < -0.3 is 20.0 Å². The van der Waals surface area contributed by atoms with Gasteiger partial charge in [-0.1, -0.05) is 12.1 Å². The minimum atomic E-state index is -0.882. The van der Waals surface area contributed by atoms with Gasteiger partial charge in [-0.2, -0.15) is 4.98 Å². The third kappa shape index (κ3) is 4.97. The number of likely N-dealkylation sites (N-methyl/N-ethyl adjacent to an activating group) is 1. The van der Waals surface area contributed by atoms with Crippen molar-refractivity contribution in [2.45, 2.75) is 27.3 Å². The number of aromatic nitrogens is 2. The average molecular weight is 550 g/mol. The van der Waals surface area contributed by atoms with Crippen LogP contribution in [0.15, 0.2) is 36.4 Å². The van der Waals surface area contributed by atoms with Gasteiger partial charge in [-0.3, -0.25) is 4.79 Å². The molecular formula is C29H33F2N7O2. The highest BCUT2D eigenvalue weighted by molar-refractivity contribution is 6.02. The highest BCUT2D eigenvalue weighted by Crippen LogP contribution is 2.40. The van der Waals surface area contributed by atoms with Crippen molar-refractivity contribution >= 4 is 29.4 Å². The largest absolute Gasteiger partial charge is 0.339 e. The van der Waals surface area contributed by atoms with Crippen LogP contribution in [-0.2, 0) is 6.54 Å². The molecule has 210 valence electrons. The maximum Gasteiger partial charge on any atom is 0.328 e. The van der Waals surface area contributed by atoms with Gasteiger partial charge in [0.15, 0.2) is 5.82 Å². The fourth-order valence-corrected chi connectivity index (χ4v) is 5.13. The summed E-state index contributed by atoms with van der Waals surface area (Å²) < 4.78 is 30.0. The van der Waals surface area contributed by atoms with Crippen LogP contribution in [0.4, 0.5) is 31.0 Å². The summed E-state index contributed by atoms with van der Waals surface area (Å²) in [6, 6.07) is 8.23. The quantitative estimate of drug-likeness (QED) is 0.493. The zero-order valence-corrected chi connectivity index (χ0v) is 23.2. The van der Waals surface area contributed by atoms with Crippen molar-refractivity contribution in [2.24, 2.45) is 0 Å². The Hall–Kier alpha value is -4.12. The van der Waals surface area contributed by atoms with Crippen LogP contribution in [0.5, 0.6) is 0 Å². The third-order valence-electron chi connectivity index (χ3n) is 7.54. The molecule has 0 spiro atoms. The summed E-state index contributed by atoms with van der Waals surface area (Å²) in [5, 5.41) is 2.73. The van der Waals surface area contributed by atoms with Crippen LogP contribution in [0.1, 0.15) is 35.3 Å². The van der Waals surface area contributed by atoms with Gasteiger partial charge >= 0.3 is 6.03 Å². The number of piperazine rings is 1. The summed E-state index contributed by atoms with van der Waals surface area (Å²) in [4.78, 5) is 42.9. The molecule has 3 heterocycles. The van der Waals surface area contributed by atoms with Gasteiger partial charge in [0.2, 0.25) is 5.95 Å². The van der Waals surface area contributed by atoms with Crippen LogP contribution in [0.3, 0.4) is 0 Å². The molecule has 5 rings (SSSR count). The summed E-state index contributed by atoms with van der Waals surface area (Å²) in [7, 11) is 2.03. The zero-order valence-electron chi connectivity index (χ0n) is 23.2. The molecule has 1 aromatic heterocycles. The first-order valence-electron chi connectivity index (χ1n) is 13.5. The molecule has 0 saturated carbocycles. The number of hydrogen-bond acceptors (Lipinski definition) is 6. The Kier molecular flexibility index (Phi) is 7.66. The summed E-state index contributed by atoms with van der Waals surface area (Å²) in [5.74, 6) is -1.39. The van der Waals surface area contributed by atoms with E-state index >= 15 is 8.78 Å². The van der Waals surface area contributed by atoms with E-state index in [1.165, 1.54) is 6.07 Å². The maximum absolute atomic E-state index is 15.0. The molecule has 3 aromatic rings. The number of carbonyl (C=O) groups excluding carboxylic acids is 2. The first-order chi connectivity index (χ1) is 19.2. The molecule has 2 aliphatic rings. The first-order valence-corrected chi connectivity index (χ1v) is 13.5. The van der Waals surface area contributed by atoms with Gasteiger partial charge in [0.25, 0.3) is 5.91 Å². The van der Waals surface area contributed by atoms with E-state index in [0.717, 1.165) is 35.7 Å². The minimum Gasteiger partial charge on any atom is -0.339 e. The Morgan fingerprint density at radius 1 is 1.02 bits per heavy atom. The number of hydrogen-bond donors (Lipinski definition) is 1. The van der Waals surface area contributed by atoms with E-state index in [2.05, 4.69) is 10.2 Å². The van der Waals surface area contributed by atoms with Gasteiger partial charge in [-0.25, -0.2) is 23.5 Å². The van der Waals surface area contributed by atoms with Crippen LogP contribution in [0.25, 0.3) is 11.3 Å². The number of anilines is 3. The standard InChI is InChI=1S/C29H33F2N7O2/c1-5-36(6-2)27(39)19-11-10-18(3)20(16-19)24-21-17-32-29(40)38(25-22(30)8-7-9-23(25)31)26(21)34-28(33-24)37-14-12-35(4)13-15-37/h7-11,16H,5-6,12-15,17H2,1-4H3,(H,32,40). The number of rotatable bonds is 6. The lowest BCUT2D eigenvalue weighted by Crippen LogP contribution is -2.46. The normalized spacial score (nSPS) is 15.6. The molecule has 0 aliphatic carbocycles. The lowest BCUT2D eigenvalue weighted by Gasteiger charge is -2.35. The highest BCUT2D eigenvalue weighted by Gasteiger charge is 2.35. The predicted octanol–water partition coefficient (Wildman–Crippen LogP) is 4.33. The highest BCUT2D eigenvalue weighted by atomic mass is 19.1. The van der Waals surface area contributed by atoms with Gasteiger partial charge in [0, 0.05) is 56.0 Å². The number of aryl methyl sites for hydroxylation is 1. The summed E-state index contributed by atoms with van der Waals surface area (Å²) in [6.45, 7) is 9.85. The monoisotopic (exact) mass is 549 g/mol. The van der Waals surface area contributed by atoms with Crippen molar-refractivity contribution in [3.63, 3.8) is 0 Å². The Morgan fingerprint density at radius 3 is 2.35 bits per heavy atom. The first kappa shape index (κ1) is 27.4. The number of nitrogens with one attached hydrogen (secondary N) is 1.